The van der Waals surface area contributed by atoms with E-state index in [1.807, 2.05) is 48.5 Å². The van der Waals surface area contributed by atoms with Gasteiger partial charge >= 0.3 is 0 Å². The van der Waals surface area contributed by atoms with E-state index in [4.69, 9.17) is 11.5 Å². The van der Waals surface area contributed by atoms with Gasteiger partial charge in [0.15, 0.2) is 0 Å². The van der Waals surface area contributed by atoms with Crippen molar-refractivity contribution in [3.63, 3.8) is 0 Å². The van der Waals surface area contributed by atoms with Crippen molar-refractivity contribution < 1.29 is 0 Å². The quantitative estimate of drug-likeness (QED) is 0.606. The number of nitrogens with zero attached hydrogens (tertiary/aromatic N) is 2. The largest absolute Gasteiger partial charge is 0.385 e. The molecule has 0 saturated heterocycles. The Kier molecular flexibility index (Phi) is 4.91. The van der Waals surface area contributed by atoms with Gasteiger partial charge in [0.25, 0.3) is 0 Å². The molecule has 0 bridgehead atoms. The van der Waals surface area contributed by atoms with Crippen LogP contribution >= 0.6 is 0 Å². The fourth-order valence-electron chi connectivity index (χ4n) is 2.69. The first-order valence-corrected chi connectivity index (χ1v) is 8.00. The summed E-state index contributed by atoms with van der Waals surface area (Å²) in [4.78, 5) is 8.53. The predicted octanol–water partition coefficient (Wildman–Crippen LogP) is 3.35. The first kappa shape index (κ1) is 15.8. The Labute approximate surface area is 141 Å². The minimum absolute atomic E-state index is 0.221. The molecule has 3 rings (SSSR count). The lowest BCUT2D eigenvalue weighted by molar-refractivity contribution is 0.835. The molecule has 0 aliphatic carbocycles. The Hall–Kier alpha value is -3.08. The Morgan fingerprint density at radius 3 is 2.21 bits per heavy atom. The van der Waals surface area contributed by atoms with Crippen LogP contribution in [-0.4, -0.2) is 16.5 Å². The third-order valence-electron chi connectivity index (χ3n) is 3.78. The van der Waals surface area contributed by atoms with Crippen molar-refractivity contribution in [3.05, 3.63) is 66.4 Å². The van der Waals surface area contributed by atoms with Crippen molar-refractivity contribution in [1.29, 1.82) is 0 Å². The van der Waals surface area contributed by atoms with E-state index >= 15 is 0 Å². The number of para-hydroxylation sites is 1. The zero-order chi connectivity index (χ0) is 16.8. The zero-order valence-corrected chi connectivity index (χ0v) is 13.4. The van der Waals surface area contributed by atoms with Crippen LogP contribution in [-0.2, 0) is 6.42 Å². The molecule has 0 amide bonds. The van der Waals surface area contributed by atoms with E-state index in [2.05, 4.69) is 27.4 Å². The van der Waals surface area contributed by atoms with E-state index in [9.17, 15) is 0 Å². The minimum Gasteiger partial charge on any atom is -0.385 e. The number of rotatable bonds is 6. The summed E-state index contributed by atoms with van der Waals surface area (Å²) in [6, 6.07) is 20.1. The maximum atomic E-state index is 6.10. The molecule has 0 atom stereocenters. The number of aromatic nitrogens is 2. The van der Waals surface area contributed by atoms with E-state index in [0.29, 0.717) is 5.82 Å². The summed E-state index contributed by atoms with van der Waals surface area (Å²) < 4.78 is 0. The number of nitrogen functional groups attached to an aromatic ring is 2. The molecule has 122 valence electrons. The number of nitrogens with one attached hydrogen (secondary N) is 1. The highest BCUT2D eigenvalue weighted by Gasteiger charge is 2.13. The smallest absolute Gasteiger partial charge is 0.222 e. The van der Waals surface area contributed by atoms with E-state index in [1.165, 1.54) is 0 Å². The molecule has 0 fully saturated rings. The second kappa shape index (κ2) is 7.46. The van der Waals surface area contributed by atoms with Gasteiger partial charge in [-0.2, -0.15) is 4.98 Å². The molecule has 3 aromatic rings. The van der Waals surface area contributed by atoms with E-state index in [0.717, 1.165) is 41.9 Å². The summed E-state index contributed by atoms with van der Waals surface area (Å²) in [5, 5.41) is 3.40. The highest BCUT2D eigenvalue weighted by Crippen LogP contribution is 2.28. The Morgan fingerprint density at radius 1 is 0.833 bits per heavy atom. The monoisotopic (exact) mass is 319 g/mol. The summed E-state index contributed by atoms with van der Waals surface area (Å²) in [6.45, 7) is 0.849. The summed E-state index contributed by atoms with van der Waals surface area (Å²) in [6.07, 6.45) is 1.70. The third-order valence-corrected chi connectivity index (χ3v) is 3.78. The molecule has 1 heterocycles. The number of nitrogens with two attached hydrogens (primary N) is 2. The SMILES string of the molecule is Nc1nc(N)c(-c2ccccc2)c(CCCNc2ccccc2)n1. The molecule has 1 aromatic heterocycles. The second-order valence-electron chi connectivity index (χ2n) is 5.55. The molecule has 2 aromatic carbocycles. The molecular formula is C19H21N5. The van der Waals surface area contributed by atoms with Gasteiger partial charge in [-0.3, -0.25) is 0 Å². The maximum absolute atomic E-state index is 6.10. The maximum Gasteiger partial charge on any atom is 0.222 e. The van der Waals surface area contributed by atoms with Gasteiger partial charge in [-0.05, 0) is 30.5 Å². The number of aryl methyl sites for hydroxylation is 1. The van der Waals surface area contributed by atoms with E-state index in [1.54, 1.807) is 0 Å². The average Bonchev–Trinajstić information content (AvgIpc) is 2.60. The molecule has 5 heteroatoms. The number of hydrogen-bond acceptors (Lipinski definition) is 5. The lowest BCUT2D eigenvalue weighted by atomic mass is 10.0. The summed E-state index contributed by atoms with van der Waals surface area (Å²) in [7, 11) is 0. The molecule has 0 spiro atoms. The van der Waals surface area contributed by atoms with E-state index < -0.39 is 0 Å². The average molecular weight is 319 g/mol. The number of benzene rings is 2. The molecule has 0 unspecified atom stereocenters. The first-order chi connectivity index (χ1) is 11.7. The van der Waals surface area contributed by atoms with Crippen LogP contribution in [0.25, 0.3) is 11.1 Å². The van der Waals surface area contributed by atoms with Gasteiger partial charge in [0.2, 0.25) is 5.95 Å². The minimum atomic E-state index is 0.221. The highest BCUT2D eigenvalue weighted by atomic mass is 15.0. The van der Waals surface area contributed by atoms with Crippen molar-refractivity contribution in [3.8, 4) is 11.1 Å². The van der Waals surface area contributed by atoms with Crippen molar-refractivity contribution >= 4 is 17.5 Å². The molecule has 0 aliphatic rings. The van der Waals surface area contributed by atoms with Crippen LogP contribution in [0.2, 0.25) is 0 Å². The van der Waals surface area contributed by atoms with Gasteiger partial charge < -0.3 is 16.8 Å². The molecule has 0 aliphatic heterocycles. The lowest BCUT2D eigenvalue weighted by Gasteiger charge is -2.12. The Morgan fingerprint density at radius 2 is 1.50 bits per heavy atom. The van der Waals surface area contributed by atoms with Crippen molar-refractivity contribution in [2.75, 3.05) is 23.3 Å². The van der Waals surface area contributed by atoms with Crippen molar-refractivity contribution in [2.24, 2.45) is 0 Å². The van der Waals surface area contributed by atoms with Crippen LogP contribution in [0.1, 0.15) is 12.1 Å². The highest BCUT2D eigenvalue weighted by molar-refractivity contribution is 5.76. The number of anilines is 3. The fraction of sp³-hybridized carbons (Fsp3) is 0.158. The lowest BCUT2D eigenvalue weighted by Crippen LogP contribution is -2.09. The third kappa shape index (κ3) is 3.81. The molecular weight excluding hydrogens is 298 g/mol. The van der Waals surface area contributed by atoms with Gasteiger partial charge in [-0.1, -0.05) is 48.5 Å². The summed E-state index contributed by atoms with van der Waals surface area (Å²) >= 11 is 0. The van der Waals surface area contributed by atoms with Crippen LogP contribution in [0.5, 0.6) is 0 Å². The molecule has 24 heavy (non-hydrogen) atoms. The van der Waals surface area contributed by atoms with Gasteiger partial charge in [0.05, 0.1) is 5.69 Å². The van der Waals surface area contributed by atoms with Crippen LogP contribution in [0.3, 0.4) is 0 Å². The normalized spacial score (nSPS) is 10.5. The van der Waals surface area contributed by atoms with Crippen LogP contribution in [0, 0.1) is 0 Å². The first-order valence-electron chi connectivity index (χ1n) is 8.00. The Bertz CT molecular complexity index is 788. The summed E-state index contributed by atoms with van der Waals surface area (Å²) in [5.74, 6) is 0.651. The van der Waals surface area contributed by atoms with Gasteiger partial charge in [0, 0.05) is 17.8 Å². The molecule has 0 radical (unpaired) electrons. The molecule has 5 N–H and O–H groups in total. The van der Waals surface area contributed by atoms with Crippen LogP contribution in [0.15, 0.2) is 60.7 Å². The second-order valence-corrected chi connectivity index (χ2v) is 5.55. The van der Waals surface area contributed by atoms with Gasteiger partial charge in [0.1, 0.15) is 5.82 Å². The van der Waals surface area contributed by atoms with Gasteiger partial charge in [-0.15, -0.1) is 0 Å². The van der Waals surface area contributed by atoms with Crippen molar-refractivity contribution in [1.82, 2.24) is 9.97 Å². The van der Waals surface area contributed by atoms with Crippen LogP contribution in [0.4, 0.5) is 17.5 Å². The zero-order valence-electron chi connectivity index (χ0n) is 13.4. The molecule has 5 nitrogen and oxygen atoms in total. The fourth-order valence-corrected chi connectivity index (χ4v) is 2.69. The standard InChI is InChI=1S/C19H21N5/c20-18-17(14-8-3-1-4-9-14)16(23-19(21)24-18)12-7-13-22-15-10-5-2-6-11-15/h1-6,8-11,22H,7,12-13H2,(H4,20,21,23,24). The number of hydrogen-bond donors (Lipinski definition) is 3. The van der Waals surface area contributed by atoms with Gasteiger partial charge in [-0.25, -0.2) is 4.98 Å². The Balaban J connectivity index is 1.73. The molecule has 0 saturated carbocycles. The van der Waals surface area contributed by atoms with Crippen LogP contribution < -0.4 is 16.8 Å². The predicted molar refractivity (Wildman–Crippen MR) is 99.5 cm³/mol. The topological polar surface area (TPSA) is 89.8 Å². The summed E-state index contributed by atoms with van der Waals surface area (Å²) in [5.41, 5.74) is 15.8. The van der Waals surface area contributed by atoms with E-state index in [-0.39, 0.29) is 5.95 Å². The van der Waals surface area contributed by atoms with Crippen molar-refractivity contribution in [2.45, 2.75) is 12.8 Å².